The summed E-state index contributed by atoms with van der Waals surface area (Å²) in [6, 6.07) is 8.26. The number of benzene rings is 1. The normalized spacial score (nSPS) is 15.7. The van der Waals surface area contributed by atoms with E-state index in [1.165, 1.54) is 0 Å². The Balaban J connectivity index is 1.70. The number of ether oxygens (including phenoxy) is 1. The van der Waals surface area contributed by atoms with Crippen LogP contribution in [0.5, 0.6) is 0 Å². The topological polar surface area (TPSA) is 77.4 Å². The molecule has 6 heteroatoms. The number of anilines is 2. The van der Waals surface area contributed by atoms with Crippen LogP contribution in [0.15, 0.2) is 28.7 Å². The van der Waals surface area contributed by atoms with Gasteiger partial charge in [0.25, 0.3) is 0 Å². The van der Waals surface area contributed by atoms with E-state index in [4.69, 9.17) is 14.9 Å². The van der Waals surface area contributed by atoms with E-state index < -0.39 is 0 Å². The Labute approximate surface area is 111 Å². The summed E-state index contributed by atoms with van der Waals surface area (Å²) in [6.45, 7) is 2.99. The van der Waals surface area contributed by atoms with E-state index in [1.54, 1.807) is 0 Å². The lowest BCUT2D eigenvalue weighted by Gasteiger charge is -2.24. The number of nitrogens with zero attached hydrogens (tertiary/aromatic N) is 3. The van der Waals surface area contributed by atoms with Crippen molar-refractivity contribution in [2.75, 3.05) is 36.9 Å². The van der Waals surface area contributed by atoms with Gasteiger partial charge in [0.05, 0.1) is 19.6 Å². The van der Waals surface area contributed by atoms with Crippen LogP contribution in [0.1, 0.15) is 11.5 Å². The highest BCUT2D eigenvalue weighted by molar-refractivity contribution is 5.41. The molecule has 2 N–H and O–H groups in total. The Kier molecular flexibility index (Phi) is 3.33. The van der Waals surface area contributed by atoms with Crippen LogP contribution in [0.3, 0.4) is 0 Å². The summed E-state index contributed by atoms with van der Waals surface area (Å²) in [4.78, 5) is 2.04. The average molecular weight is 260 g/mol. The lowest BCUT2D eigenvalue weighted by Crippen LogP contribution is -2.36. The van der Waals surface area contributed by atoms with Gasteiger partial charge in [-0.15, -0.1) is 5.10 Å². The van der Waals surface area contributed by atoms with Crippen LogP contribution in [0.2, 0.25) is 0 Å². The average Bonchev–Trinajstić information content (AvgIpc) is 2.88. The first-order valence-corrected chi connectivity index (χ1v) is 6.31. The van der Waals surface area contributed by atoms with Gasteiger partial charge in [0.1, 0.15) is 0 Å². The van der Waals surface area contributed by atoms with E-state index in [1.807, 2.05) is 29.2 Å². The maximum atomic E-state index is 5.75. The second-order valence-electron chi connectivity index (χ2n) is 4.50. The summed E-state index contributed by atoms with van der Waals surface area (Å²) in [6.07, 6.45) is 0.600. The van der Waals surface area contributed by atoms with Crippen molar-refractivity contribution in [1.82, 2.24) is 10.2 Å². The molecule has 0 saturated carbocycles. The monoisotopic (exact) mass is 260 g/mol. The third-order valence-electron chi connectivity index (χ3n) is 3.04. The van der Waals surface area contributed by atoms with E-state index in [2.05, 4.69) is 10.2 Å². The molecule has 2 aromatic rings. The molecule has 1 saturated heterocycles. The first-order chi connectivity index (χ1) is 9.31. The summed E-state index contributed by atoms with van der Waals surface area (Å²) in [7, 11) is 0. The Hall–Kier alpha value is -2.08. The number of hydrogen-bond acceptors (Lipinski definition) is 6. The predicted molar refractivity (Wildman–Crippen MR) is 71.0 cm³/mol. The highest BCUT2D eigenvalue weighted by Gasteiger charge is 2.17. The lowest BCUT2D eigenvalue weighted by molar-refractivity contribution is 0.120. The number of aromatic nitrogens is 2. The highest BCUT2D eigenvalue weighted by Crippen LogP contribution is 2.17. The van der Waals surface area contributed by atoms with Crippen molar-refractivity contribution in [2.24, 2.45) is 0 Å². The first kappa shape index (κ1) is 12.0. The maximum Gasteiger partial charge on any atom is 0.318 e. The second-order valence-corrected chi connectivity index (χ2v) is 4.50. The molecule has 3 rings (SSSR count). The zero-order chi connectivity index (χ0) is 13.1. The van der Waals surface area contributed by atoms with Crippen molar-refractivity contribution in [1.29, 1.82) is 0 Å². The molecule has 6 nitrogen and oxygen atoms in total. The van der Waals surface area contributed by atoms with Crippen LogP contribution in [0.25, 0.3) is 0 Å². The Morgan fingerprint density at radius 1 is 1.21 bits per heavy atom. The molecule has 1 aromatic carbocycles. The molecule has 0 unspecified atom stereocenters. The molecule has 1 aliphatic heterocycles. The Bertz CT molecular complexity index is 549. The second kappa shape index (κ2) is 5.27. The summed E-state index contributed by atoms with van der Waals surface area (Å²) < 4.78 is 11.0. The van der Waals surface area contributed by atoms with Crippen LogP contribution in [0.4, 0.5) is 11.7 Å². The molecule has 100 valence electrons. The predicted octanol–water partition coefficient (Wildman–Crippen LogP) is 1.08. The van der Waals surface area contributed by atoms with E-state index in [-0.39, 0.29) is 0 Å². The molecule has 19 heavy (non-hydrogen) atoms. The minimum atomic E-state index is 0.571. The molecule has 0 spiro atoms. The summed E-state index contributed by atoms with van der Waals surface area (Å²) >= 11 is 0. The van der Waals surface area contributed by atoms with Crippen LogP contribution < -0.4 is 10.6 Å². The van der Waals surface area contributed by atoms with Crippen molar-refractivity contribution in [3.63, 3.8) is 0 Å². The van der Waals surface area contributed by atoms with Gasteiger partial charge in [-0.1, -0.05) is 17.2 Å². The zero-order valence-electron chi connectivity index (χ0n) is 10.6. The SMILES string of the molecule is Nc1cccc(Cc2nnc(N3CCOCC3)o2)c1. The number of hydrogen-bond donors (Lipinski definition) is 1. The van der Waals surface area contributed by atoms with Gasteiger partial charge < -0.3 is 19.8 Å². The summed E-state index contributed by atoms with van der Waals surface area (Å²) in [5, 5.41) is 8.16. The van der Waals surface area contributed by atoms with Gasteiger partial charge in [0, 0.05) is 18.8 Å². The van der Waals surface area contributed by atoms with Crippen LogP contribution in [-0.2, 0) is 11.2 Å². The van der Waals surface area contributed by atoms with Gasteiger partial charge in [0.2, 0.25) is 5.89 Å². The van der Waals surface area contributed by atoms with E-state index in [0.29, 0.717) is 31.5 Å². The number of morpholine rings is 1. The van der Waals surface area contributed by atoms with Crippen LogP contribution >= 0.6 is 0 Å². The number of nitrogens with two attached hydrogens (primary N) is 1. The maximum absolute atomic E-state index is 5.75. The number of rotatable bonds is 3. The summed E-state index contributed by atoms with van der Waals surface area (Å²) in [5.41, 5.74) is 7.55. The molecule has 0 bridgehead atoms. The van der Waals surface area contributed by atoms with Gasteiger partial charge in [0.15, 0.2) is 0 Å². The molecule has 0 amide bonds. The molecular weight excluding hydrogens is 244 g/mol. The van der Waals surface area contributed by atoms with Crippen LogP contribution in [-0.4, -0.2) is 36.5 Å². The fourth-order valence-corrected chi connectivity index (χ4v) is 2.08. The first-order valence-electron chi connectivity index (χ1n) is 6.31. The summed E-state index contributed by atoms with van der Waals surface area (Å²) in [5.74, 6) is 0.604. The standard InChI is InChI=1S/C13H16N4O2/c14-11-3-1-2-10(8-11)9-12-15-16-13(19-12)17-4-6-18-7-5-17/h1-3,8H,4-7,9,14H2. The van der Waals surface area contributed by atoms with Crippen molar-refractivity contribution in [3.8, 4) is 0 Å². The van der Waals surface area contributed by atoms with Crippen molar-refractivity contribution in [3.05, 3.63) is 35.7 Å². The fraction of sp³-hybridized carbons (Fsp3) is 0.385. The van der Waals surface area contributed by atoms with Gasteiger partial charge in [-0.25, -0.2) is 0 Å². The van der Waals surface area contributed by atoms with E-state index in [0.717, 1.165) is 24.3 Å². The van der Waals surface area contributed by atoms with E-state index >= 15 is 0 Å². The molecule has 0 atom stereocenters. The Morgan fingerprint density at radius 2 is 2.05 bits per heavy atom. The molecule has 1 aromatic heterocycles. The molecule has 0 aliphatic carbocycles. The largest absolute Gasteiger partial charge is 0.408 e. The molecular formula is C13H16N4O2. The number of nitrogen functional groups attached to an aromatic ring is 1. The quantitative estimate of drug-likeness (QED) is 0.832. The molecule has 0 radical (unpaired) electrons. The molecule has 2 heterocycles. The van der Waals surface area contributed by atoms with Gasteiger partial charge in [-0.05, 0) is 17.7 Å². The Morgan fingerprint density at radius 3 is 2.84 bits per heavy atom. The third-order valence-corrected chi connectivity index (χ3v) is 3.04. The zero-order valence-corrected chi connectivity index (χ0v) is 10.6. The minimum Gasteiger partial charge on any atom is -0.408 e. The van der Waals surface area contributed by atoms with Crippen molar-refractivity contribution < 1.29 is 9.15 Å². The fourth-order valence-electron chi connectivity index (χ4n) is 2.08. The lowest BCUT2D eigenvalue weighted by atomic mass is 10.1. The third kappa shape index (κ3) is 2.85. The molecule has 1 fully saturated rings. The van der Waals surface area contributed by atoms with Gasteiger partial charge in [-0.2, -0.15) is 0 Å². The van der Waals surface area contributed by atoms with Crippen molar-refractivity contribution >= 4 is 11.7 Å². The smallest absolute Gasteiger partial charge is 0.318 e. The van der Waals surface area contributed by atoms with E-state index in [9.17, 15) is 0 Å². The van der Waals surface area contributed by atoms with Gasteiger partial charge >= 0.3 is 6.01 Å². The highest BCUT2D eigenvalue weighted by atomic mass is 16.5. The van der Waals surface area contributed by atoms with Gasteiger partial charge in [-0.3, -0.25) is 0 Å². The molecule has 1 aliphatic rings. The van der Waals surface area contributed by atoms with Crippen LogP contribution in [0, 0.1) is 0 Å². The van der Waals surface area contributed by atoms with Crippen molar-refractivity contribution in [2.45, 2.75) is 6.42 Å². The minimum absolute atomic E-state index is 0.571.